The summed E-state index contributed by atoms with van der Waals surface area (Å²) >= 11 is 7.29. The number of rotatable bonds is 4. The lowest BCUT2D eigenvalue weighted by Gasteiger charge is -2.16. The van der Waals surface area contributed by atoms with Crippen molar-refractivity contribution in [2.24, 2.45) is 0 Å². The molecule has 1 aromatic heterocycles. The Labute approximate surface area is 110 Å². The third-order valence-electron chi connectivity index (χ3n) is 2.70. The van der Waals surface area contributed by atoms with E-state index in [2.05, 4.69) is 17.5 Å². The lowest BCUT2D eigenvalue weighted by atomic mass is 10.1. The molecular formula is C13H14ClNOS. The Morgan fingerprint density at radius 3 is 2.94 bits per heavy atom. The van der Waals surface area contributed by atoms with Crippen molar-refractivity contribution in [3.05, 3.63) is 35.2 Å². The maximum atomic E-state index is 11.7. The minimum atomic E-state index is 0.0929. The molecule has 1 aromatic carbocycles. The minimum Gasteiger partial charge on any atom is -0.341 e. The van der Waals surface area contributed by atoms with Gasteiger partial charge in [-0.2, -0.15) is 0 Å². The monoisotopic (exact) mass is 267 g/mol. The van der Waals surface area contributed by atoms with Crippen LogP contribution in [-0.2, 0) is 11.3 Å². The second-order valence-electron chi connectivity index (χ2n) is 3.95. The summed E-state index contributed by atoms with van der Waals surface area (Å²) in [7, 11) is 1.82. The predicted octanol–water partition coefficient (Wildman–Crippen LogP) is 3.49. The number of benzene rings is 1. The van der Waals surface area contributed by atoms with Crippen LogP contribution in [0, 0.1) is 0 Å². The zero-order valence-corrected chi connectivity index (χ0v) is 11.2. The summed E-state index contributed by atoms with van der Waals surface area (Å²) < 4.78 is 1.26. The molecule has 2 nitrogen and oxygen atoms in total. The van der Waals surface area contributed by atoms with E-state index in [0.717, 1.165) is 0 Å². The molecule has 0 unspecified atom stereocenters. The Bertz CT molecular complexity index is 523. The molecule has 0 bridgehead atoms. The highest BCUT2D eigenvalue weighted by molar-refractivity contribution is 7.17. The fourth-order valence-corrected chi connectivity index (χ4v) is 2.89. The second kappa shape index (κ2) is 5.52. The third-order valence-corrected chi connectivity index (χ3v) is 3.90. The molecule has 0 aliphatic heterocycles. The Balaban J connectivity index is 2.16. The molecule has 1 amide bonds. The average Bonchev–Trinajstić information content (AvgIpc) is 2.73. The van der Waals surface area contributed by atoms with Crippen LogP contribution in [0.15, 0.2) is 29.6 Å². The second-order valence-corrected chi connectivity index (χ2v) is 5.24. The summed E-state index contributed by atoms with van der Waals surface area (Å²) in [6.07, 6.45) is 0.403. The van der Waals surface area contributed by atoms with Crippen LogP contribution < -0.4 is 0 Å². The summed E-state index contributed by atoms with van der Waals surface area (Å²) in [5, 5.41) is 3.36. The number of nitrogens with zero attached hydrogens (tertiary/aromatic N) is 1. The highest BCUT2D eigenvalue weighted by Gasteiger charge is 2.11. The van der Waals surface area contributed by atoms with E-state index in [-0.39, 0.29) is 5.91 Å². The highest BCUT2D eigenvalue weighted by atomic mass is 35.5. The van der Waals surface area contributed by atoms with Gasteiger partial charge in [0.1, 0.15) is 0 Å². The number of fused-ring (bicyclic) bond motifs is 1. The molecule has 90 valence electrons. The van der Waals surface area contributed by atoms with Gasteiger partial charge in [0, 0.05) is 30.6 Å². The Morgan fingerprint density at radius 2 is 2.18 bits per heavy atom. The maximum absolute atomic E-state index is 11.7. The smallest absolute Gasteiger partial charge is 0.223 e. The molecule has 0 aliphatic rings. The van der Waals surface area contributed by atoms with Crippen molar-refractivity contribution in [1.29, 1.82) is 0 Å². The van der Waals surface area contributed by atoms with Gasteiger partial charge in [0.2, 0.25) is 5.91 Å². The summed E-state index contributed by atoms with van der Waals surface area (Å²) in [5.74, 6) is 0.475. The quantitative estimate of drug-likeness (QED) is 0.777. The highest BCUT2D eigenvalue weighted by Crippen LogP contribution is 2.26. The van der Waals surface area contributed by atoms with Gasteiger partial charge in [-0.1, -0.05) is 18.2 Å². The van der Waals surface area contributed by atoms with Gasteiger partial charge >= 0.3 is 0 Å². The number of thiophene rings is 1. The number of hydrogen-bond donors (Lipinski definition) is 0. The molecule has 0 N–H and O–H groups in total. The Morgan fingerprint density at radius 1 is 1.41 bits per heavy atom. The van der Waals surface area contributed by atoms with Gasteiger partial charge in [-0.05, 0) is 22.4 Å². The summed E-state index contributed by atoms with van der Waals surface area (Å²) in [5.41, 5.74) is 1.20. The molecular weight excluding hydrogens is 254 g/mol. The number of halogens is 1. The summed E-state index contributed by atoms with van der Waals surface area (Å²) in [4.78, 5) is 13.4. The largest absolute Gasteiger partial charge is 0.341 e. The minimum absolute atomic E-state index is 0.0929. The van der Waals surface area contributed by atoms with E-state index in [1.165, 1.54) is 15.6 Å². The van der Waals surface area contributed by atoms with Crippen LogP contribution >= 0.6 is 22.9 Å². The molecule has 0 saturated heterocycles. The Kier molecular flexibility index (Phi) is 4.02. The molecule has 0 radical (unpaired) electrons. The van der Waals surface area contributed by atoms with Gasteiger partial charge in [0.05, 0.1) is 0 Å². The number of alkyl halides is 1. The van der Waals surface area contributed by atoms with Crippen LogP contribution in [-0.4, -0.2) is 23.7 Å². The first-order valence-electron chi connectivity index (χ1n) is 5.47. The van der Waals surface area contributed by atoms with E-state index < -0.39 is 0 Å². The number of amides is 1. The maximum Gasteiger partial charge on any atom is 0.223 e. The van der Waals surface area contributed by atoms with Gasteiger partial charge in [0.15, 0.2) is 0 Å². The van der Waals surface area contributed by atoms with E-state index in [4.69, 9.17) is 11.6 Å². The molecule has 0 atom stereocenters. The SMILES string of the molecule is CN(Cc1csc2ccccc12)C(=O)CCCl. The Hall–Kier alpha value is -1.06. The lowest BCUT2D eigenvalue weighted by molar-refractivity contribution is -0.129. The summed E-state index contributed by atoms with van der Waals surface area (Å²) in [6.45, 7) is 0.653. The van der Waals surface area contributed by atoms with Crippen LogP contribution in [0.2, 0.25) is 0 Å². The van der Waals surface area contributed by atoms with Crippen LogP contribution in [0.4, 0.5) is 0 Å². The van der Waals surface area contributed by atoms with Gasteiger partial charge in [-0.3, -0.25) is 4.79 Å². The number of carbonyl (C=O) groups is 1. The fourth-order valence-electron chi connectivity index (χ4n) is 1.77. The average molecular weight is 268 g/mol. The van der Waals surface area contributed by atoms with Crippen molar-refractivity contribution in [2.45, 2.75) is 13.0 Å². The number of hydrogen-bond acceptors (Lipinski definition) is 2. The third kappa shape index (κ3) is 2.79. The van der Waals surface area contributed by atoms with Gasteiger partial charge in [-0.15, -0.1) is 22.9 Å². The molecule has 0 spiro atoms. The first-order valence-corrected chi connectivity index (χ1v) is 6.89. The van der Waals surface area contributed by atoms with E-state index in [0.29, 0.717) is 18.8 Å². The zero-order valence-electron chi connectivity index (χ0n) is 9.65. The van der Waals surface area contributed by atoms with Crippen LogP contribution in [0.5, 0.6) is 0 Å². The van der Waals surface area contributed by atoms with E-state index in [1.807, 2.05) is 19.2 Å². The van der Waals surface area contributed by atoms with Crippen molar-refractivity contribution >= 4 is 38.9 Å². The van der Waals surface area contributed by atoms with Gasteiger partial charge in [0.25, 0.3) is 0 Å². The van der Waals surface area contributed by atoms with Crippen LogP contribution in [0.1, 0.15) is 12.0 Å². The molecule has 4 heteroatoms. The van der Waals surface area contributed by atoms with E-state index >= 15 is 0 Å². The molecule has 0 saturated carbocycles. The molecule has 2 rings (SSSR count). The molecule has 2 aromatic rings. The van der Waals surface area contributed by atoms with Crippen LogP contribution in [0.3, 0.4) is 0 Å². The fraction of sp³-hybridized carbons (Fsp3) is 0.308. The predicted molar refractivity (Wildman–Crippen MR) is 73.6 cm³/mol. The van der Waals surface area contributed by atoms with Gasteiger partial charge < -0.3 is 4.90 Å². The van der Waals surface area contributed by atoms with Crippen molar-refractivity contribution in [1.82, 2.24) is 4.90 Å². The normalized spacial score (nSPS) is 10.7. The van der Waals surface area contributed by atoms with Crippen molar-refractivity contribution < 1.29 is 4.79 Å². The summed E-state index contributed by atoms with van der Waals surface area (Å²) in [6, 6.07) is 8.26. The standard InChI is InChI=1S/C13H14ClNOS/c1-15(13(16)6-7-14)8-10-9-17-12-5-3-2-4-11(10)12/h2-5,9H,6-8H2,1H3. The van der Waals surface area contributed by atoms with Crippen molar-refractivity contribution in [3.8, 4) is 0 Å². The first kappa shape index (κ1) is 12.4. The number of carbonyl (C=O) groups excluding carboxylic acids is 1. The van der Waals surface area contributed by atoms with Crippen molar-refractivity contribution in [2.75, 3.05) is 12.9 Å². The van der Waals surface area contributed by atoms with E-state index in [1.54, 1.807) is 16.2 Å². The molecule has 0 aliphatic carbocycles. The first-order chi connectivity index (χ1) is 8.22. The molecule has 1 heterocycles. The van der Waals surface area contributed by atoms with Crippen molar-refractivity contribution in [3.63, 3.8) is 0 Å². The van der Waals surface area contributed by atoms with E-state index in [9.17, 15) is 4.79 Å². The zero-order chi connectivity index (χ0) is 12.3. The lowest BCUT2D eigenvalue weighted by Crippen LogP contribution is -2.26. The topological polar surface area (TPSA) is 20.3 Å². The molecule has 17 heavy (non-hydrogen) atoms. The van der Waals surface area contributed by atoms with Gasteiger partial charge in [-0.25, -0.2) is 0 Å². The van der Waals surface area contributed by atoms with Crippen LogP contribution in [0.25, 0.3) is 10.1 Å². The molecule has 0 fully saturated rings.